The number of nitrogens with one attached hydrogen (secondary N) is 2. The Morgan fingerprint density at radius 1 is 1.04 bits per heavy atom. The molecule has 0 aliphatic carbocycles. The molecule has 6 nitrogen and oxygen atoms in total. The van der Waals surface area contributed by atoms with E-state index in [-0.39, 0.29) is 0 Å². The van der Waals surface area contributed by atoms with Gasteiger partial charge in [0.2, 0.25) is 5.95 Å². The lowest BCUT2D eigenvalue weighted by Crippen LogP contribution is -2.21. The van der Waals surface area contributed by atoms with Gasteiger partial charge in [-0.25, -0.2) is 0 Å². The van der Waals surface area contributed by atoms with Crippen LogP contribution >= 0.6 is 11.6 Å². The Labute approximate surface area is 171 Å². The molecule has 3 rings (SSSR count). The molecule has 28 heavy (non-hydrogen) atoms. The maximum Gasteiger partial charge on any atom is 0.244 e. The van der Waals surface area contributed by atoms with Crippen molar-refractivity contribution in [2.45, 2.75) is 27.3 Å². The van der Waals surface area contributed by atoms with Crippen LogP contribution in [0.15, 0.2) is 48.7 Å². The number of aryl methyl sites for hydroxylation is 1. The molecule has 0 amide bonds. The fraction of sp³-hybridized carbons (Fsp3) is 0.286. The van der Waals surface area contributed by atoms with Crippen LogP contribution in [0.1, 0.15) is 25.0 Å². The predicted octanol–water partition coefficient (Wildman–Crippen LogP) is 5.04. The molecule has 0 saturated carbocycles. The first-order valence-electron chi connectivity index (χ1n) is 9.39. The van der Waals surface area contributed by atoms with Gasteiger partial charge >= 0.3 is 0 Å². The highest BCUT2D eigenvalue weighted by Crippen LogP contribution is 2.25. The zero-order chi connectivity index (χ0) is 19.9. The summed E-state index contributed by atoms with van der Waals surface area (Å²) in [6, 6.07) is 14.0. The normalized spacial score (nSPS) is 10.6. The summed E-state index contributed by atoms with van der Waals surface area (Å²) in [5.74, 6) is 1.12. The minimum atomic E-state index is 0.470. The fourth-order valence-corrected chi connectivity index (χ4v) is 3.06. The van der Waals surface area contributed by atoms with Crippen molar-refractivity contribution in [2.75, 3.05) is 28.6 Å². The zero-order valence-corrected chi connectivity index (χ0v) is 17.2. The molecule has 146 valence electrons. The van der Waals surface area contributed by atoms with Crippen LogP contribution in [0.25, 0.3) is 0 Å². The number of hydrogen-bond donors (Lipinski definition) is 2. The van der Waals surface area contributed by atoms with Crippen molar-refractivity contribution in [3.8, 4) is 0 Å². The number of anilines is 4. The summed E-state index contributed by atoms with van der Waals surface area (Å²) in [6.45, 7) is 8.98. The first-order chi connectivity index (χ1) is 13.6. The Balaban J connectivity index is 1.68. The molecule has 0 unspecified atom stereocenters. The van der Waals surface area contributed by atoms with Gasteiger partial charge in [0.05, 0.1) is 6.20 Å². The Hall–Kier alpha value is -2.86. The molecule has 0 radical (unpaired) electrons. The Morgan fingerprint density at radius 3 is 2.46 bits per heavy atom. The molecular weight excluding hydrogens is 372 g/mol. The predicted molar refractivity (Wildman–Crippen MR) is 117 cm³/mol. The van der Waals surface area contributed by atoms with Gasteiger partial charge in [-0.3, -0.25) is 0 Å². The lowest BCUT2D eigenvalue weighted by molar-refractivity contribution is 0.866. The third kappa shape index (κ3) is 5.10. The molecule has 1 heterocycles. The Kier molecular flexibility index (Phi) is 6.66. The van der Waals surface area contributed by atoms with Crippen LogP contribution in [0.2, 0.25) is 5.02 Å². The van der Waals surface area contributed by atoms with E-state index in [9.17, 15) is 0 Å². The molecule has 0 saturated heterocycles. The smallest absolute Gasteiger partial charge is 0.244 e. The molecule has 0 atom stereocenters. The molecule has 1 aromatic heterocycles. The SMILES string of the molecule is CCN(CC)c1ccc(Nc2cnnc(NCc3ccc(Cl)cc3)n2)c(C)c1. The van der Waals surface area contributed by atoms with E-state index in [0.29, 0.717) is 18.3 Å². The van der Waals surface area contributed by atoms with Crippen molar-refractivity contribution >= 4 is 34.7 Å². The van der Waals surface area contributed by atoms with Crippen molar-refractivity contribution in [1.29, 1.82) is 0 Å². The van der Waals surface area contributed by atoms with Crippen LogP contribution in [0, 0.1) is 6.92 Å². The van der Waals surface area contributed by atoms with E-state index >= 15 is 0 Å². The van der Waals surface area contributed by atoms with Gasteiger partial charge in [0.1, 0.15) is 0 Å². The van der Waals surface area contributed by atoms with E-state index in [0.717, 1.165) is 34.9 Å². The molecule has 7 heteroatoms. The highest BCUT2D eigenvalue weighted by molar-refractivity contribution is 6.30. The number of rotatable bonds is 8. The second-order valence-electron chi connectivity index (χ2n) is 6.44. The fourth-order valence-electron chi connectivity index (χ4n) is 2.93. The highest BCUT2D eigenvalue weighted by atomic mass is 35.5. The number of nitrogens with zero attached hydrogens (tertiary/aromatic N) is 4. The lowest BCUT2D eigenvalue weighted by atomic mass is 10.1. The maximum absolute atomic E-state index is 5.92. The van der Waals surface area contributed by atoms with Crippen LogP contribution in [0.3, 0.4) is 0 Å². The third-order valence-electron chi connectivity index (χ3n) is 4.52. The van der Waals surface area contributed by atoms with Gasteiger partial charge < -0.3 is 15.5 Å². The van der Waals surface area contributed by atoms with Crippen molar-refractivity contribution in [3.05, 3.63) is 64.8 Å². The van der Waals surface area contributed by atoms with E-state index < -0.39 is 0 Å². The second kappa shape index (κ2) is 9.37. The first-order valence-corrected chi connectivity index (χ1v) is 9.77. The molecule has 2 aromatic carbocycles. The highest BCUT2D eigenvalue weighted by Gasteiger charge is 2.07. The van der Waals surface area contributed by atoms with Gasteiger partial charge in [0, 0.05) is 36.0 Å². The van der Waals surface area contributed by atoms with Gasteiger partial charge in [0.25, 0.3) is 0 Å². The standard InChI is InChI=1S/C21H25ClN6/c1-4-28(5-2)18-10-11-19(15(3)12-18)25-20-14-24-27-21(26-20)23-13-16-6-8-17(22)9-7-16/h6-12,14H,4-5,13H2,1-3H3,(H2,23,25,26,27). The van der Waals surface area contributed by atoms with Gasteiger partial charge in [-0.2, -0.15) is 10.1 Å². The lowest BCUT2D eigenvalue weighted by Gasteiger charge is -2.22. The van der Waals surface area contributed by atoms with Crippen LogP contribution in [-0.4, -0.2) is 28.3 Å². The first kappa shape index (κ1) is 19.9. The van der Waals surface area contributed by atoms with Crippen molar-refractivity contribution in [3.63, 3.8) is 0 Å². The Bertz CT molecular complexity index is 909. The van der Waals surface area contributed by atoms with Gasteiger partial charge in [-0.05, 0) is 62.2 Å². The van der Waals surface area contributed by atoms with E-state index in [1.807, 2.05) is 24.3 Å². The maximum atomic E-state index is 5.92. The summed E-state index contributed by atoms with van der Waals surface area (Å²) in [5, 5.41) is 15.3. The largest absolute Gasteiger partial charge is 0.372 e. The summed E-state index contributed by atoms with van der Waals surface area (Å²) >= 11 is 5.92. The average molecular weight is 397 g/mol. The summed E-state index contributed by atoms with van der Waals surface area (Å²) < 4.78 is 0. The third-order valence-corrected chi connectivity index (χ3v) is 4.78. The summed E-state index contributed by atoms with van der Waals surface area (Å²) in [6.07, 6.45) is 1.62. The topological polar surface area (TPSA) is 66.0 Å². The van der Waals surface area contributed by atoms with Crippen molar-refractivity contribution in [2.24, 2.45) is 0 Å². The summed E-state index contributed by atoms with van der Waals surface area (Å²) in [5.41, 5.74) is 4.46. The van der Waals surface area contributed by atoms with E-state index in [1.54, 1.807) is 6.20 Å². The number of aromatic nitrogens is 3. The molecule has 0 aliphatic heterocycles. The van der Waals surface area contributed by atoms with Gasteiger partial charge in [0.15, 0.2) is 5.82 Å². The monoisotopic (exact) mass is 396 g/mol. The quantitative estimate of drug-likeness (QED) is 0.556. The molecule has 0 fully saturated rings. The molecule has 2 N–H and O–H groups in total. The number of hydrogen-bond acceptors (Lipinski definition) is 6. The van der Waals surface area contributed by atoms with Crippen molar-refractivity contribution in [1.82, 2.24) is 15.2 Å². The van der Waals surface area contributed by atoms with E-state index in [1.165, 1.54) is 5.69 Å². The molecule has 3 aromatic rings. The molecule has 0 bridgehead atoms. The number of halogens is 1. The zero-order valence-electron chi connectivity index (χ0n) is 16.4. The van der Waals surface area contributed by atoms with Crippen LogP contribution in [0.5, 0.6) is 0 Å². The van der Waals surface area contributed by atoms with Crippen LogP contribution < -0.4 is 15.5 Å². The van der Waals surface area contributed by atoms with Gasteiger partial charge in [-0.15, -0.1) is 5.10 Å². The van der Waals surface area contributed by atoms with Crippen LogP contribution in [0.4, 0.5) is 23.1 Å². The van der Waals surface area contributed by atoms with E-state index in [4.69, 9.17) is 11.6 Å². The average Bonchev–Trinajstić information content (AvgIpc) is 2.71. The minimum Gasteiger partial charge on any atom is -0.372 e. The molecule has 0 spiro atoms. The van der Waals surface area contributed by atoms with Crippen LogP contribution in [-0.2, 0) is 6.54 Å². The van der Waals surface area contributed by atoms with Gasteiger partial charge in [-0.1, -0.05) is 23.7 Å². The molecular formula is C21H25ClN6. The summed E-state index contributed by atoms with van der Waals surface area (Å²) in [4.78, 5) is 6.82. The van der Waals surface area contributed by atoms with Crippen molar-refractivity contribution < 1.29 is 0 Å². The summed E-state index contributed by atoms with van der Waals surface area (Å²) in [7, 11) is 0. The minimum absolute atomic E-state index is 0.470. The molecule has 0 aliphatic rings. The second-order valence-corrected chi connectivity index (χ2v) is 6.88. The number of benzene rings is 2. The Morgan fingerprint density at radius 2 is 1.79 bits per heavy atom. The van der Waals surface area contributed by atoms with E-state index in [2.05, 4.69) is 69.7 Å².